The highest BCUT2D eigenvalue weighted by molar-refractivity contribution is 5.93. The first kappa shape index (κ1) is 44.9. The molecule has 0 aromatic heterocycles. The monoisotopic (exact) mass is 668 g/mol. The van der Waals surface area contributed by atoms with Crippen molar-refractivity contribution in [2.45, 2.75) is 91.6 Å². The molecule has 2 aromatic carbocycles. The van der Waals surface area contributed by atoms with Gasteiger partial charge < -0.3 is 31.5 Å². The van der Waals surface area contributed by atoms with Gasteiger partial charge in [0.15, 0.2) is 5.78 Å². The number of Topliss-reactive ketones (excluding diaryl/α,β-unsaturated/α-hetero) is 1. The Bertz CT molecular complexity index is 1260. The predicted molar refractivity (Wildman–Crippen MR) is 186 cm³/mol. The van der Waals surface area contributed by atoms with Gasteiger partial charge in [0, 0.05) is 26.7 Å². The highest BCUT2D eigenvalue weighted by Crippen LogP contribution is 2.11. The van der Waals surface area contributed by atoms with Gasteiger partial charge in [-0.05, 0) is 49.4 Å². The summed E-state index contributed by atoms with van der Waals surface area (Å²) >= 11 is 0. The van der Waals surface area contributed by atoms with Crippen LogP contribution in [0.2, 0.25) is 0 Å². The maximum Gasteiger partial charge on any atom is 0.300 e. The molecule has 0 aliphatic rings. The Labute approximate surface area is 284 Å². The van der Waals surface area contributed by atoms with Crippen molar-refractivity contribution in [3.8, 4) is 18.6 Å². The van der Waals surface area contributed by atoms with E-state index in [0.29, 0.717) is 12.0 Å². The van der Waals surface area contributed by atoms with E-state index in [9.17, 15) is 29.1 Å². The molecule has 2 rings (SSSR count). The average molecular weight is 669 g/mol. The molecule has 0 fully saturated rings. The number of ketones is 1. The van der Waals surface area contributed by atoms with Crippen LogP contribution in [0.25, 0.3) is 0 Å². The quantitative estimate of drug-likeness (QED) is 0.116. The summed E-state index contributed by atoms with van der Waals surface area (Å²) in [5, 5.41) is 26.8. The summed E-state index contributed by atoms with van der Waals surface area (Å²) in [5.74, 6) is -2.91. The molecular formula is C36H52N4O8. The zero-order valence-corrected chi connectivity index (χ0v) is 28.7. The van der Waals surface area contributed by atoms with Crippen molar-refractivity contribution in [3.05, 3.63) is 65.7 Å². The van der Waals surface area contributed by atoms with Crippen LogP contribution in [0.1, 0.15) is 77.8 Å². The third-order valence-corrected chi connectivity index (χ3v) is 5.99. The largest absolute Gasteiger partial charge is 0.508 e. The number of carboxylic acids is 1. The number of nitrogens with one attached hydrogen (secondary N) is 4. The molecule has 2 atom stereocenters. The van der Waals surface area contributed by atoms with E-state index in [2.05, 4.69) is 60.1 Å². The van der Waals surface area contributed by atoms with Crippen molar-refractivity contribution in [1.29, 1.82) is 0 Å². The number of aliphatic carboxylic acids is 1. The number of amides is 4. The molecule has 0 bridgehead atoms. The van der Waals surface area contributed by atoms with Crippen molar-refractivity contribution in [3.63, 3.8) is 0 Å². The summed E-state index contributed by atoms with van der Waals surface area (Å²) in [6.07, 6.45) is 13.4. The molecule has 0 radical (unpaired) electrons. The number of terminal acetylenes is 1. The van der Waals surface area contributed by atoms with Crippen LogP contribution in [-0.4, -0.2) is 70.8 Å². The lowest BCUT2D eigenvalue weighted by Crippen LogP contribution is -2.52. The van der Waals surface area contributed by atoms with Gasteiger partial charge in [0.05, 0.1) is 13.1 Å². The number of hydrogen-bond donors (Lipinski definition) is 6. The number of aryl methyl sites for hydroxylation is 1. The summed E-state index contributed by atoms with van der Waals surface area (Å²) in [6, 6.07) is 14.5. The first-order chi connectivity index (χ1) is 22.8. The van der Waals surface area contributed by atoms with Gasteiger partial charge in [0.2, 0.25) is 23.6 Å². The molecule has 0 unspecified atom stereocenters. The van der Waals surface area contributed by atoms with Gasteiger partial charge >= 0.3 is 0 Å². The second-order valence-electron chi connectivity index (χ2n) is 10.7. The molecule has 2 aromatic rings. The van der Waals surface area contributed by atoms with E-state index < -0.39 is 48.2 Å². The average Bonchev–Trinajstić information content (AvgIpc) is 3.04. The number of rotatable bonds is 16. The Kier molecular flexibility index (Phi) is 26.3. The lowest BCUT2D eigenvalue weighted by Gasteiger charge is -2.18. The van der Waals surface area contributed by atoms with E-state index in [4.69, 9.17) is 9.90 Å². The number of phenolic OH excluding ortho intramolecular Hbond substituents is 1. The number of carboxylic acid groups (broad SMARTS) is 1. The maximum atomic E-state index is 12.6. The third-order valence-electron chi connectivity index (χ3n) is 5.99. The van der Waals surface area contributed by atoms with Gasteiger partial charge in [0.1, 0.15) is 17.8 Å². The van der Waals surface area contributed by atoms with Gasteiger partial charge in [-0.1, -0.05) is 69.2 Å². The molecular weight excluding hydrogens is 616 g/mol. The zero-order valence-electron chi connectivity index (χ0n) is 28.7. The number of carbonyl (C=O) groups excluding carboxylic acids is 5. The van der Waals surface area contributed by atoms with E-state index in [-0.39, 0.29) is 24.5 Å². The highest BCUT2D eigenvalue weighted by atomic mass is 16.4. The second kappa shape index (κ2) is 28.1. The van der Waals surface area contributed by atoms with Gasteiger partial charge in [-0.25, -0.2) is 0 Å². The Hall–Kier alpha value is -5.18. The fourth-order valence-electron chi connectivity index (χ4n) is 3.87. The fraction of sp³-hybridized carbons (Fsp3) is 0.444. The number of aromatic hydroxyl groups is 1. The standard InChI is InChI=1S/C29H38N4O6.C3H8.C2H4O2.C2H2/c1-20(28(38)30-18-25(36)12-8-4-7-11-22-9-5-3-6-10-22)32-27(37)19-31-29(39)26(33-21(2)34)17-23-13-15-24(35)16-14-23;1-3-2;1-2(3)4;1-2/h3,5-6,9-10,13-16,20,26,35H,4,7-8,11-12,17-19H2,1-2H3,(H,30,38)(H,31,39)(H,32,37)(H,33,34);3H2,1-2H3;1H3,(H,3,4);1-2H/t20-,26-;;;/m0.../s1. The molecule has 6 N–H and O–H groups in total. The Balaban J connectivity index is 0. The molecule has 0 aliphatic heterocycles. The first-order valence-electron chi connectivity index (χ1n) is 15.8. The van der Waals surface area contributed by atoms with Crippen molar-refractivity contribution in [2.24, 2.45) is 0 Å². The van der Waals surface area contributed by atoms with Crippen LogP contribution in [-0.2, 0) is 41.6 Å². The second-order valence-corrected chi connectivity index (χ2v) is 10.7. The van der Waals surface area contributed by atoms with E-state index >= 15 is 0 Å². The normalized spacial score (nSPS) is 10.7. The van der Waals surface area contributed by atoms with Crippen LogP contribution in [0, 0.1) is 12.8 Å². The Morgan fingerprint density at radius 1 is 0.750 bits per heavy atom. The minimum absolute atomic E-state index is 0.0769. The SMILES string of the molecule is C#C.CC(=O)N[C@@H](Cc1ccc(O)cc1)C(=O)NCC(=O)N[C@@H](C)C(=O)NCC(=O)CCCCCc1ccccc1.CC(=O)O.CCC. The number of carbonyl (C=O) groups is 6. The highest BCUT2D eigenvalue weighted by Gasteiger charge is 2.22. The van der Waals surface area contributed by atoms with Crippen molar-refractivity contribution >= 4 is 35.4 Å². The van der Waals surface area contributed by atoms with E-state index in [1.54, 1.807) is 12.1 Å². The number of hydrogen-bond acceptors (Lipinski definition) is 7. The molecule has 0 spiro atoms. The van der Waals surface area contributed by atoms with Crippen LogP contribution < -0.4 is 21.3 Å². The van der Waals surface area contributed by atoms with Crippen LogP contribution in [0.5, 0.6) is 5.75 Å². The molecule has 264 valence electrons. The summed E-state index contributed by atoms with van der Waals surface area (Å²) in [4.78, 5) is 69.8. The van der Waals surface area contributed by atoms with Gasteiger partial charge in [0.25, 0.3) is 5.97 Å². The zero-order chi connectivity index (χ0) is 36.9. The van der Waals surface area contributed by atoms with Crippen molar-refractivity contribution < 1.29 is 39.0 Å². The number of benzene rings is 2. The molecule has 12 nitrogen and oxygen atoms in total. The maximum absolute atomic E-state index is 12.6. The summed E-state index contributed by atoms with van der Waals surface area (Å²) in [6.45, 7) is 7.59. The Morgan fingerprint density at radius 3 is 1.83 bits per heavy atom. The first-order valence-corrected chi connectivity index (χ1v) is 15.8. The fourth-order valence-corrected chi connectivity index (χ4v) is 3.87. The molecule has 48 heavy (non-hydrogen) atoms. The lowest BCUT2D eigenvalue weighted by atomic mass is 10.0. The third kappa shape index (κ3) is 25.1. The molecule has 0 saturated heterocycles. The van der Waals surface area contributed by atoms with Crippen LogP contribution >= 0.6 is 0 Å². The van der Waals surface area contributed by atoms with E-state index in [1.165, 1.54) is 38.0 Å². The topological polar surface area (TPSA) is 191 Å². The van der Waals surface area contributed by atoms with E-state index in [1.807, 2.05) is 18.2 Å². The summed E-state index contributed by atoms with van der Waals surface area (Å²) in [7, 11) is 0. The van der Waals surface area contributed by atoms with E-state index in [0.717, 1.165) is 32.6 Å². The number of unbranched alkanes of at least 4 members (excludes halogenated alkanes) is 2. The predicted octanol–water partition coefficient (Wildman–Crippen LogP) is 3.31. The molecule has 12 heteroatoms. The molecule has 0 saturated carbocycles. The minimum atomic E-state index is -0.926. The molecule has 0 heterocycles. The summed E-state index contributed by atoms with van der Waals surface area (Å²) < 4.78 is 0. The molecule has 4 amide bonds. The van der Waals surface area contributed by atoms with Gasteiger partial charge in [-0.3, -0.25) is 28.8 Å². The van der Waals surface area contributed by atoms with Crippen LogP contribution in [0.4, 0.5) is 0 Å². The van der Waals surface area contributed by atoms with Crippen LogP contribution in [0.15, 0.2) is 54.6 Å². The molecule has 0 aliphatic carbocycles. The van der Waals surface area contributed by atoms with Gasteiger partial charge in [-0.15, -0.1) is 12.8 Å². The lowest BCUT2D eigenvalue weighted by molar-refractivity contribution is -0.134. The van der Waals surface area contributed by atoms with Crippen molar-refractivity contribution in [1.82, 2.24) is 21.3 Å². The Morgan fingerprint density at radius 2 is 1.29 bits per heavy atom. The van der Waals surface area contributed by atoms with Crippen molar-refractivity contribution in [2.75, 3.05) is 13.1 Å². The minimum Gasteiger partial charge on any atom is -0.508 e. The number of phenols is 1. The van der Waals surface area contributed by atoms with Gasteiger partial charge in [-0.2, -0.15) is 0 Å². The van der Waals surface area contributed by atoms with Crippen LogP contribution in [0.3, 0.4) is 0 Å². The smallest absolute Gasteiger partial charge is 0.300 e. The summed E-state index contributed by atoms with van der Waals surface area (Å²) in [5.41, 5.74) is 1.98.